The monoisotopic (exact) mass is 278 g/mol. The van der Waals surface area contributed by atoms with Gasteiger partial charge in [-0.25, -0.2) is 0 Å². The maximum absolute atomic E-state index is 12.6. The largest absolute Gasteiger partial charge is 0.374 e. The van der Waals surface area contributed by atoms with E-state index in [1.54, 1.807) is 0 Å². The molecule has 19 heavy (non-hydrogen) atoms. The molecule has 0 aliphatic rings. The predicted molar refractivity (Wildman–Crippen MR) is 78.5 cm³/mol. The summed E-state index contributed by atoms with van der Waals surface area (Å²) in [5.41, 5.74) is 7.14. The van der Waals surface area contributed by atoms with Crippen molar-refractivity contribution in [2.45, 2.75) is 39.7 Å². The molecule has 2 N–H and O–H groups in total. The number of nitrogens with zero attached hydrogens (tertiary/aromatic N) is 3. The van der Waals surface area contributed by atoms with Crippen molar-refractivity contribution in [1.82, 2.24) is 14.8 Å². The first kappa shape index (κ1) is 13.7. The van der Waals surface area contributed by atoms with E-state index in [0.29, 0.717) is 21.6 Å². The normalized spacial score (nSPS) is 11.5. The molecule has 0 radical (unpaired) electrons. The second kappa shape index (κ2) is 5.13. The Labute approximate surface area is 116 Å². The van der Waals surface area contributed by atoms with E-state index in [2.05, 4.69) is 24.0 Å². The third-order valence-corrected chi connectivity index (χ3v) is 3.71. The SMILES string of the molecule is CC(C)c1ccc(-c2nnc(N)s2)c(=O)n1C(C)C. The van der Waals surface area contributed by atoms with E-state index in [0.717, 1.165) is 5.69 Å². The molecule has 2 heterocycles. The molecule has 0 fully saturated rings. The van der Waals surface area contributed by atoms with E-state index in [9.17, 15) is 4.79 Å². The molecule has 0 aliphatic heterocycles. The highest BCUT2D eigenvalue weighted by atomic mass is 32.1. The highest BCUT2D eigenvalue weighted by molar-refractivity contribution is 7.18. The van der Waals surface area contributed by atoms with Gasteiger partial charge in [0.05, 0.1) is 5.56 Å². The fraction of sp³-hybridized carbons (Fsp3) is 0.462. The Balaban J connectivity index is 2.67. The second-order valence-electron chi connectivity index (χ2n) is 5.04. The van der Waals surface area contributed by atoms with Crippen LogP contribution in [0.3, 0.4) is 0 Å². The van der Waals surface area contributed by atoms with Gasteiger partial charge in [0.2, 0.25) is 5.13 Å². The van der Waals surface area contributed by atoms with Gasteiger partial charge in [0.15, 0.2) is 5.01 Å². The zero-order chi connectivity index (χ0) is 14.2. The van der Waals surface area contributed by atoms with Gasteiger partial charge in [-0.05, 0) is 31.9 Å². The van der Waals surface area contributed by atoms with Gasteiger partial charge in [0, 0.05) is 11.7 Å². The number of nitrogen functional groups attached to an aromatic ring is 1. The lowest BCUT2D eigenvalue weighted by atomic mass is 10.1. The van der Waals surface area contributed by atoms with Gasteiger partial charge < -0.3 is 10.3 Å². The van der Waals surface area contributed by atoms with Crippen molar-refractivity contribution in [3.63, 3.8) is 0 Å². The van der Waals surface area contributed by atoms with Crippen molar-refractivity contribution < 1.29 is 0 Å². The van der Waals surface area contributed by atoms with Crippen LogP contribution in [0.2, 0.25) is 0 Å². The Kier molecular flexibility index (Phi) is 3.71. The van der Waals surface area contributed by atoms with Gasteiger partial charge in [-0.15, -0.1) is 10.2 Å². The maximum Gasteiger partial charge on any atom is 0.261 e. The maximum atomic E-state index is 12.6. The second-order valence-corrected chi connectivity index (χ2v) is 6.05. The van der Waals surface area contributed by atoms with E-state index in [1.165, 1.54) is 11.3 Å². The molecule has 6 heteroatoms. The minimum atomic E-state index is -0.0302. The van der Waals surface area contributed by atoms with Crippen molar-refractivity contribution >= 4 is 16.5 Å². The van der Waals surface area contributed by atoms with E-state index in [1.807, 2.05) is 30.5 Å². The first-order valence-electron chi connectivity index (χ1n) is 6.26. The number of pyridine rings is 1. The fourth-order valence-corrected chi connectivity index (χ4v) is 2.70. The number of anilines is 1. The van der Waals surface area contributed by atoms with Gasteiger partial charge in [-0.2, -0.15) is 0 Å². The molecule has 0 aliphatic carbocycles. The molecule has 0 unspecified atom stereocenters. The van der Waals surface area contributed by atoms with Crippen molar-refractivity contribution in [3.05, 3.63) is 28.2 Å². The van der Waals surface area contributed by atoms with Crippen LogP contribution < -0.4 is 11.3 Å². The van der Waals surface area contributed by atoms with Crippen LogP contribution in [-0.4, -0.2) is 14.8 Å². The van der Waals surface area contributed by atoms with Crippen LogP contribution in [0, 0.1) is 0 Å². The molecule has 2 rings (SSSR count). The molecule has 0 amide bonds. The van der Waals surface area contributed by atoms with E-state index >= 15 is 0 Å². The lowest BCUT2D eigenvalue weighted by Crippen LogP contribution is -2.27. The molecule has 0 bridgehead atoms. The topological polar surface area (TPSA) is 73.8 Å². The van der Waals surface area contributed by atoms with Crippen molar-refractivity contribution in [1.29, 1.82) is 0 Å². The van der Waals surface area contributed by atoms with E-state index in [4.69, 9.17) is 5.73 Å². The summed E-state index contributed by atoms with van der Waals surface area (Å²) in [5, 5.41) is 8.67. The van der Waals surface area contributed by atoms with Crippen LogP contribution in [0.25, 0.3) is 10.6 Å². The Morgan fingerprint density at radius 3 is 2.37 bits per heavy atom. The first-order valence-corrected chi connectivity index (χ1v) is 7.08. The van der Waals surface area contributed by atoms with E-state index in [-0.39, 0.29) is 11.6 Å². The standard InChI is InChI=1S/C13H18N4OS/c1-7(2)10-6-5-9(11-15-16-13(14)19-11)12(18)17(10)8(3)4/h5-8H,1-4H3,(H2,14,16). The average Bonchev–Trinajstić information content (AvgIpc) is 2.74. The molecule has 2 aromatic heterocycles. The highest BCUT2D eigenvalue weighted by Crippen LogP contribution is 2.24. The Morgan fingerprint density at radius 1 is 1.21 bits per heavy atom. The van der Waals surface area contributed by atoms with Gasteiger partial charge in [-0.3, -0.25) is 4.79 Å². The molecule has 0 spiro atoms. The van der Waals surface area contributed by atoms with Gasteiger partial charge >= 0.3 is 0 Å². The fourth-order valence-electron chi connectivity index (χ4n) is 2.08. The van der Waals surface area contributed by atoms with Crippen LogP contribution in [0.15, 0.2) is 16.9 Å². The Bertz CT molecular complexity index is 642. The molecule has 102 valence electrons. The summed E-state index contributed by atoms with van der Waals surface area (Å²) in [6.45, 7) is 8.17. The Hall–Kier alpha value is -1.69. The average molecular weight is 278 g/mol. The van der Waals surface area contributed by atoms with Crippen molar-refractivity contribution in [3.8, 4) is 10.6 Å². The molecule has 0 saturated carbocycles. The summed E-state index contributed by atoms with van der Waals surface area (Å²) in [6, 6.07) is 3.91. The zero-order valence-electron chi connectivity index (χ0n) is 11.5. The molecule has 0 aromatic carbocycles. The smallest absolute Gasteiger partial charge is 0.261 e. The minimum Gasteiger partial charge on any atom is -0.374 e. The van der Waals surface area contributed by atoms with Crippen molar-refractivity contribution in [2.24, 2.45) is 0 Å². The highest BCUT2D eigenvalue weighted by Gasteiger charge is 2.16. The summed E-state index contributed by atoms with van der Waals surface area (Å²) in [5.74, 6) is 0.295. The first-order chi connectivity index (χ1) is 8.91. The molecule has 0 atom stereocenters. The lowest BCUT2D eigenvalue weighted by Gasteiger charge is -2.19. The molecule has 2 aromatic rings. The number of nitrogens with two attached hydrogens (primary N) is 1. The van der Waals surface area contributed by atoms with Crippen LogP contribution in [0.4, 0.5) is 5.13 Å². The zero-order valence-corrected chi connectivity index (χ0v) is 12.4. The van der Waals surface area contributed by atoms with Gasteiger partial charge in [0.1, 0.15) is 0 Å². The molecular formula is C13H18N4OS. The summed E-state index contributed by atoms with van der Waals surface area (Å²) in [4.78, 5) is 12.6. The van der Waals surface area contributed by atoms with Crippen molar-refractivity contribution in [2.75, 3.05) is 5.73 Å². The minimum absolute atomic E-state index is 0.0302. The predicted octanol–water partition coefficient (Wildman–Crippen LogP) is 2.65. The number of rotatable bonds is 3. The molecule has 5 nitrogen and oxygen atoms in total. The third kappa shape index (κ3) is 2.53. The number of hydrogen-bond acceptors (Lipinski definition) is 5. The third-order valence-electron chi connectivity index (χ3n) is 2.93. The summed E-state index contributed by atoms with van der Waals surface area (Å²) in [7, 11) is 0. The number of aromatic nitrogens is 3. The van der Waals surface area contributed by atoms with E-state index < -0.39 is 0 Å². The quantitative estimate of drug-likeness (QED) is 0.936. The summed E-state index contributed by atoms with van der Waals surface area (Å²) < 4.78 is 1.82. The summed E-state index contributed by atoms with van der Waals surface area (Å²) in [6.07, 6.45) is 0. The van der Waals surface area contributed by atoms with Crippen LogP contribution in [0.1, 0.15) is 45.3 Å². The Morgan fingerprint density at radius 2 is 1.89 bits per heavy atom. The number of hydrogen-bond donors (Lipinski definition) is 1. The molecule has 0 saturated heterocycles. The van der Waals surface area contributed by atoms with Gasteiger partial charge in [-0.1, -0.05) is 25.2 Å². The molecular weight excluding hydrogens is 260 g/mol. The lowest BCUT2D eigenvalue weighted by molar-refractivity contribution is 0.536. The van der Waals surface area contributed by atoms with Crippen LogP contribution in [-0.2, 0) is 0 Å². The van der Waals surface area contributed by atoms with Crippen LogP contribution >= 0.6 is 11.3 Å². The van der Waals surface area contributed by atoms with Gasteiger partial charge in [0.25, 0.3) is 5.56 Å². The summed E-state index contributed by atoms with van der Waals surface area (Å²) >= 11 is 1.23. The van der Waals surface area contributed by atoms with Crippen LogP contribution in [0.5, 0.6) is 0 Å².